The number of hydrogen-bond acceptors (Lipinski definition) is 3. The number of piperidine rings is 1. The number of nitrogens with two attached hydrogens (primary N) is 1. The van der Waals surface area contributed by atoms with E-state index < -0.39 is 0 Å². The Morgan fingerprint density at radius 2 is 2.00 bits per heavy atom. The lowest BCUT2D eigenvalue weighted by molar-refractivity contribution is -0.129. The Kier molecular flexibility index (Phi) is 4.85. The molecule has 4 heteroatoms. The molecule has 0 aromatic rings. The molecule has 2 aliphatic rings. The normalized spacial score (nSPS) is 34.2. The van der Waals surface area contributed by atoms with Crippen LogP contribution in [0.2, 0.25) is 0 Å². The van der Waals surface area contributed by atoms with Crippen LogP contribution >= 0.6 is 0 Å². The van der Waals surface area contributed by atoms with Crippen molar-refractivity contribution in [2.24, 2.45) is 11.7 Å². The third-order valence-electron chi connectivity index (χ3n) is 4.95. The molecule has 0 aromatic carbocycles. The second-order valence-corrected chi connectivity index (χ2v) is 6.52. The molecule has 0 spiro atoms. The molecule has 4 nitrogen and oxygen atoms in total. The lowest BCUT2D eigenvalue weighted by Crippen LogP contribution is -2.55. The summed E-state index contributed by atoms with van der Waals surface area (Å²) in [7, 11) is 0. The van der Waals surface area contributed by atoms with Gasteiger partial charge in [-0.2, -0.15) is 0 Å². The Hall–Kier alpha value is -0.610. The van der Waals surface area contributed by atoms with Gasteiger partial charge in [0, 0.05) is 24.7 Å². The fourth-order valence-electron chi connectivity index (χ4n) is 3.48. The van der Waals surface area contributed by atoms with Gasteiger partial charge in [-0.3, -0.25) is 4.79 Å². The van der Waals surface area contributed by atoms with Crippen molar-refractivity contribution < 1.29 is 4.79 Å². The van der Waals surface area contributed by atoms with Gasteiger partial charge >= 0.3 is 0 Å². The highest BCUT2D eigenvalue weighted by Gasteiger charge is 2.38. The van der Waals surface area contributed by atoms with Crippen LogP contribution in [0.3, 0.4) is 0 Å². The first kappa shape index (κ1) is 14.8. The standard InChI is InChI=1S/C15H29N3O/c1-3-18-10-7-12(8-11-18)17-14(19)13-6-4-5-9-15(13,2)16/h12-13H,3-11,16H2,1-2H3,(H,17,19). The maximum absolute atomic E-state index is 12.4. The Morgan fingerprint density at radius 3 is 2.58 bits per heavy atom. The quantitative estimate of drug-likeness (QED) is 0.814. The minimum Gasteiger partial charge on any atom is -0.353 e. The SMILES string of the molecule is CCN1CCC(NC(=O)C2CCCCC2(C)N)CC1. The van der Waals surface area contributed by atoms with E-state index in [-0.39, 0.29) is 17.4 Å². The summed E-state index contributed by atoms with van der Waals surface area (Å²) in [6.45, 7) is 7.55. The van der Waals surface area contributed by atoms with Crippen molar-refractivity contribution in [3.8, 4) is 0 Å². The third-order valence-corrected chi connectivity index (χ3v) is 4.95. The van der Waals surface area contributed by atoms with E-state index in [1.54, 1.807) is 0 Å². The molecule has 1 amide bonds. The van der Waals surface area contributed by atoms with E-state index >= 15 is 0 Å². The molecule has 1 aliphatic heterocycles. The van der Waals surface area contributed by atoms with Gasteiger partial charge in [-0.05, 0) is 39.2 Å². The van der Waals surface area contributed by atoms with Gasteiger partial charge in [0.2, 0.25) is 5.91 Å². The molecule has 1 heterocycles. The lowest BCUT2D eigenvalue weighted by Gasteiger charge is -2.39. The molecule has 0 aromatic heterocycles. The van der Waals surface area contributed by atoms with Gasteiger partial charge in [-0.25, -0.2) is 0 Å². The van der Waals surface area contributed by atoms with Crippen molar-refractivity contribution in [1.82, 2.24) is 10.2 Å². The van der Waals surface area contributed by atoms with E-state index in [1.807, 2.05) is 6.92 Å². The van der Waals surface area contributed by atoms with E-state index in [4.69, 9.17) is 5.73 Å². The second kappa shape index (κ2) is 6.23. The molecular weight excluding hydrogens is 238 g/mol. The Bertz CT molecular complexity index is 309. The molecule has 110 valence electrons. The highest BCUT2D eigenvalue weighted by atomic mass is 16.2. The van der Waals surface area contributed by atoms with E-state index in [0.717, 1.165) is 58.2 Å². The average molecular weight is 267 g/mol. The van der Waals surface area contributed by atoms with Gasteiger partial charge in [-0.15, -0.1) is 0 Å². The Balaban J connectivity index is 1.84. The third kappa shape index (κ3) is 3.69. The zero-order valence-electron chi connectivity index (χ0n) is 12.5. The molecule has 1 saturated carbocycles. The van der Waals surface area contributed by atoms with Crippen molar-refractivity contribution in [1.29, 1.82) is 0 Å². The molecule has 2 rings (SSSR count). The summed E-state index contributed by atoms with van der Waals surface area (Å²) < 4.78 is 0. The van der Waals surface area contributed by atoms with Crippen molar-refractivity contribution in [2.75, 3.05) is 19.6 Å². The van der Waals surface area contributed by atoms with Crippen molar-refractivity contribution in [3.05, 3.63) is 0 Å². The topological polar surface area (TPSA) is 58.4 Å². The van der Waals surface area contributed by atoms with Gasteiger partial charge in [0.1, 0.15) is 0 Å². The summed E-state index contributed by atoms with van der Waals surface area (Å²) >= 11 is 0. The summed E-state index contributed by atoms with van der Waals surface area (Å²) in [6.07, 6.45) is 6.37. The van der Waals surface area contributed by atoms with Crippen LogP contribution in [-0.4, -0.2) is 42.0 Å². The van der Waals surface area contributed by atoms with Crippen LogP contribution in [-0.2, 0) is 4.79 Å². The minimum absolute atomic E-state index is 0.00505. The molecule has 19 heavy (non-hydrogen) atoms. The molecule has 2 atom stereocenters. The minimum atomic E-state index is -0.313. The average Bonchev–Trinajstić information content (AvgIpc) is 2.39. The predicted molar refractivity (Wildman–Crippen MR) is 77.8 cm³/mol. The maximum atomic E-state index is 12.4. The summed E-state index contributed by atoms with van der Waals surface area (Å²) in [5.74, 6) is 0.199. The molecule has 0 radical (unpaired) electrons. The first-order valence-corrected chi connectivity index (χ1v) is 7.84. The zero-order chi connectivity index (χ0) is 13.9. The maximum Gasteiger partial charge on any atom is 0.225 e. The summed E-state index contributed by atoms with van der Waals surface area (Å²) in [4.78, 5) is 14.9. The molecule has 1 saturated heterocycles. The lowest BCUT2D eigenvalue weighted by atomic mass is 9.74. The highest BCUT2D eigenvalue weighted by molar-refractivity contribution is 5.80. The van der Waals surface area contributed by atoms with E-state index in [9.17, 15) is 4.79 Å². The fraction of sp³-hybridized carbons (Fsp3) is 0.933. The monoisotopic (exact) mass is 267 g/mol. The Labute approximate surface area is 117 Å². The highest BCUT2D eigenvalue weighted by Crippen LogP contribution is 2.31. The first-order chi connectivity index (χ1) is 9.03. The van der Waals surface area contributed by atoms with E-state index in [1.165, 1.54) is 0 Å². The molecule has 2 fully saturated rings. The van der Waals surface area contributed by atoms with E-state index in [2.05, 4.69) is 17.1 Å². The number of carbonyl (C=O) groups excluding carboxylic acids is 1. The van der Waals surface area contributed by atoms with Gasteiger partial charge in [0.25, 0.3) is 0 Å². The molecule has 0 bridgehead atoms. The summed E-state index contributed by atoms with van der Waals surface area (Å²) in [6, 6.07) is 0.355. The van der Waals surface area contributed by atoms with E-state index in [0.29, 0.717) is 6.04 Å². The molecule has 1 aliphatic carbocycles. The molecule has 3 N–H and O–H groups in total. The largest absolute Gasteiger partial charge is 0.353 e. The van der Waals surface area contributed by atoms with Crippen LogP contribution in [0.1, 0.15) is 52.4 Å². The first-order valence-electron chi connectivity index (χ1n) is 7.84. The summed E-state index contributed by atoms with van der Waals surface area (Å²) in [5.41, 5.74) is 5.99. The smallest absolute Gasteiger partial charge is 0.225 e. The number of carbonyl (C=O) groups is 1. The number of nitrogens with zero attached hydrogens (tertiary/aromatic N) is 1. The summed E-state index contributed by atoms with van der Waals surface area (Å²) in [5, 5.41) is 3.24. The number of rotatable bonds is 3. The van der Waals surface area contributed by atoms with Gasteiger partial charge in [-0.1, -0.05) is 19.8 Å². The second-order valence-electron chi connectivity index (χ2n) is 6.52. The van der Waals surface area contributed by atoms with Crippen LogP contribution < -0.4 is 11.1 Å². The fourth-order valence-corrected chi connectivity index (χ4v) is 3.48. The molecule has 2 unspecified atom stereocenters. The molecular formula is C15H29N3O. The van der Waals surface area contributed by atoms with Gasteiger partial charge < -0.3 is 16.0 Å². The van der Waals surface area contributed by atoms with Crippen molar-refractivity contribution in [3.63, 3.8) is 0 Å². The predicted octanol–water partition coefficient (Wildman–Crippen LogP) is 1.49. The van der Waals surface area contributed by atoms with Crippen LogP contribution in [0.5, 0.6) is 0 Å². The van der Waals surface area contributed by atoms with Gasteiger partial charge in [0.05, 0.1) is 5.92 Å². The number of likely N-dealkylation sites (tertiary alicyclic amines) is 1. The van der Waals surface area contributed by atoms with Crippen LogP contribution in [0, 0.1) is 5.92 Å². The Morgan fingerprint density at radius 1 is 1.32 bits per heavy atom. The van der Waals surface area contributed by atoms with Gasteiger partial charge in [0.15, 0.2) is 0 Å². The van der Waals surface area contributed by atoms with Crippen molar-refractivity contribution >= 4 is 5.91 Å². The zero-order valence-corrected chi connectivity index (χ0v) is 12.5. The number of amides is 1. The number of nitrogens with one attached hydrogen (secondary N) is 1. The van der Waals surface area contributed by atoms with Crippen molar-refractivity contribution in [2.45, 2.75) is 64.0 Å². The number of hydrogen-bond donors (Lipinski definition) is 2. The van der Waals surface area contributed by atoms with Crippen LogP contribution in [0.25, 0.3) is 0 Å². The van der Waals surface area contributed by atoms with Crippen LogP contribution in [0.4, 0.5) is 0 Å². The van der Waals surface area contributed by atoms with Crippen LogP contribution in [0.15, 0.2) is 0 Å².